The van der Waals surface area contributed by atoms with Crippen LogP contribution in [0.25, 0.3) is 10.9 Å². The fourth-order valence-corrected chi connectivity index (χ4v) is 2.42. The highest BCUT2D eigenvalue weighted by atomic mass is 15.5. The number of para-hydroxylation sites is 1. The number of nitrogens with zero attached hydrogens (tertiary/aromatic N) is 4. The van der Waals surface area contributed by atoms with Crippen molar-refractivity contribution in [1.29, 1.82) is 5.26 Å². The third kappa shape index (κ3) is 2.44. The summed E-state index contributed by atoms with van der Waals surface area (Å²) in [5.74, 6) is 0. The maximum atomic E-state index is 9.29. The minimum absolute atomic E-state index is 0.586. The monoisotopic (exact) mass is 267 g/mol. The zero-order chi connectivity index (χ0) is 13.9. The highest BCUT2D eigenvalue weighted by Gasteiger charge is 2.16. The SMILES string of the molecule is CN1CCN(Nc2c(C#N)cnc3ccccc23)CC1. The van der Waals surface area contributed by atoms with Crippen LogP contribution in [0, 0.1) is 11.3 Å². The molecule has 1 aromatic carbocycles. The molecule has 5 heteroatoms. The van der Waals surface area contributed by atoms with Crippen LogP contribution in [0.3, 0.4) is 0 Å². The van der Waals surface area contributed by atoms with Gasteiger partial charge in [0.25, 0.3) is 0 Å². The lowest BCUT2D eigenvalue weighted by molar-refractivity contribution is 0.179. The van der Waals surface area contributed by atoms with Gasteiger partial charge in [-0.25, -0.2) is 5.01 Å². The van der Waals surface area contributed by atoms with Crippen molar-refractivity contribution in [2.45, 2.75) is 0 Å². The first-order valence-electron chi connectivity index (χ1n) is 6.76. The summed E-state index contributed by atoms with van der Waals surface area (Å²) in [6.45, 7) is 3.94. The van der Waals surface area contributed by atoms with Crippen LogP contribution in [0.5, 0.6) is 0 Å². The van der Waals surface area contributed by atoms with Gasteiger partial charge in [-0.1, -0.05) is 18.2 Å². The zero-order valence-electron chi connectivity index (χ0n) is 11.5. The van der Waals surface area contributed by atoms with Crippen molar-refractivity contribution in [2.75, 3.05) is 38.7 Å². The summed E-state index contributed by atoms with van der Waals surface area (Å²) >= 11 is 0. The Morgan fingerprint density at radius 3 is 2.70 bits per heavy atom. The van der Waals surface area contributed by atoms with Crippen LogP contribution in [0.15, 0.2) is 30.5 Å². The van der Waals surface area contributed by atoms with Gasteiger partial charge < -0.3 is 10.3 Å². The minimum atomic E-state index is 0.586. The molecule has 0 amide bonds. The molecule has 1 fully saturated rings. The maximum absolute atomic E-state index is 9.29. The topological polar surface area (TPSA) is 55.2 Å². The second kappa shape index (κ2) is 5.45. The number of aromatic nitrogens is 1. The van der Waals surface area contributed by atoms with Crippen molar-refractivity contribution in [1.82, 2.24) is 14.9 Å². The molecule has 0 radical (unpaired) electrons. The lowest BCUT2D eigenvalue weighted by Gasteiger charge is -2.33. The van der Waals surface area contributed by atoms with Crippen molar-refractivity contribution in [3.8, 4) is 6.07 Å². The van der Waals surface area contributed by atoms with Crippen LogP contribution in [0.2, 0.25) is 0 Å². The van der Waals surface area contributed by atoms with Crippen LogP contribution < -0.4 is 5.43 Å². The number of hydrogen-bond donors (Lipinski definition) is 1. The Morgan fingerprint density at radius 1 is 1.20 bits per heavy atom. The molecule has 1 aliphatic heterocycles. The molecule has 0 spiro atoms. The Bertz CT molecular complexity index is 653. The normalized spacial score (nSPS) is 17.0. The van der Waals surface area contributed by atoms with Crippen LogP contribution in [0.1, 0.15) is 5.56 Å². The smallest absolute Gasteiger partial charge is 0.103 e. The van der Waals surface area contributed by atoms with Gasteiger partial charge in [0, 0.05) is 37.8 Å². The highest BCUT2D eigenvalue weighted by molar-refractivity contribution is 5.93. The predicted octanol–water partition coefficient (Wildman–Crippen LogP) is 1.68. The number of rotatable bonds is 2. The molecule has 1 N–H and O–H groups in total. The van der Waals surface area contributed by atoms with Crippen molar-refractivity contribution in [3.05, 3.63) is 36.0 Å². The number of anilines is 1. The molecule has 0 unspecified atom stereocenters. The number of piperazine rings is 1. The van der Waals surface area contributed by atoms with Crippen molar-refractivity contribution < 1.29 is 0 Å². The molecule has 5 nitrogen and oxygen atoms in total. The fraction of sp³-hybridized carbons (Fsp3) is 0.333. The average molecular weight is 267 g/mol. The van der Waals surface area contributed by atoms with E-state index in [1.165, 1.54) is 0 Å². The number of likely N-dealkylation sites (N-methyl/N-ethyl adjacent to an activating group) is 1. The summed E-state index contributed by atoms with van der Waals surface area (Å²) in [7, 11) is 2.12. The van der Waals surface area contributed by atoms with Gasteiger partial charge in [0.15, 0.2) is 0 Å². The largest absolute Gasteiger partial charge is 0.317 e. The Kier molecular flexibility index (Phi) is 3.50. The van der Waals surface area contributed by atoms with E-state index in [4.69, 9.17) is 0 Å². The summed E-state index contributed by atoms with van der Waals surface area (Å²) in [4.78, 5) is 6.63. The lowest BCUT2D eigenvalue weighted by Crippen LogP contribution is -2.47. The van der Waals surface area contributed by atoms with Gasteiger partial charge in [0.1, 0.15) is 6.07 Å². The molecule has 0 atom stereocenters. The molecule has 2 aromatic rings. The van der Waals surface area contributed by atoms with E-state index in [9.17, 15) is 5.26 Å². The van der Waals surface area contributed by atoms with E-state index in [0.29, 0.717) is 5.56 Å². The number of hydrazine groups is 1. The Labute approximate surface area is 118 Å². The van der Waals surface area contributed by atoms with E-state index in [1.807, 2.05) is 24.3 Å². The van der Waals surface area contributed by atoms with Gasteiger partial charge in [-0.15, -0.1) is 0 Å². The van der Waals surface area contributed by atoms with Gasteiger partial charge in [0.05, 0.1) is 16.8 Å². The second-order valence-electron chi connectivity index (χ2n) is 5.08. The zero-order valence-corrected chi connectivity index (χ0v) is 11.5. The van der Waals surface area contributed by atoms with Crippen molar-refractivity contribution in [2.24, 2.45) is 0 Å². The average Bonchev–Trinajstić information content (AvgIpc) is 2.50. The lowest BCUT2D eigenvalue weighted by atomic mass is 10.1. The molecular formula is C15H17N5. The van der Waals surface area contributed by atoms with Gasteiger partial charge in [-0.2, -0.15) is 5.26 Å². The Hall–Kier alpha value is -2.16. The molecule has 1 saturated heterocycles. The Balaban J connectivity index is 1.95. The minimum Gasteiger partial charge on any atom is -0.317 e. The molecule has 102 valence electrons. The summed E-state index contributed by atoms with van der Waals surface area (Å²) in [6, 6.07) is 10.1. The molecule has 1 aromatic heterocycles. The molecule has 3 rings (SSSR count). The molecule has 0 aliphatic carbocycles. The van der Waals surface area contributed by atoms with Gasteiger partial charge in [0.2, 0.25) is 0 Å². The van der Waals surface area contributed by atoms with Crippen molar-refractivity contribution in [3.63, 3.8) is 0 Å². The van der Waals surface area contributed by atoms with Gasteiger partial charge in [-0.3, -0.25) is 4.98 Å². The van der Waals surface area contributed by atoms with Gasteiger partial charge >= 0.3 is 0 Å². The summed E-state index contributed by atoms with van der Waals surface area (Å²) in [5, 5.41) is 12.5. The van der Waals surface area contributed by atoms with E-state index in [2.05, 4.69) is 33.4 Å². The number of hydrogen-bond acceptors (Lipinski definition) is 5. The van der Waals surface area contributed by atoms with E-state index in [0.717, 1.165) is 42.8 Å². The van der Waals surface area contributed by atoms with Gasteiger partial charge in [-0.05, 0) is 13.1 Å². The molecule has 0 bridgehead atoms. The number of nitriles is 1. The molecule has 0 saturated carbocycles. The first-order valence-corrected chi connectivity index (χ1v) is 6.76. The summed E-state index contributed by atoms with van der Waals surface area (Å²) in [6.07, 6.45) is 1.64. The number of fused-ring (bicyclic) bond motifs is 1. The van der Waals surface area contributed by atoms with E-state index in [-0.39, 0.29) is 0 Å². The number of nitrogens with one attached hydrogen (secondary N) is 1. The standard InChI is InChI=1S/C15H17N5/c1-19-6-8-20(9-7-19)18-15-12(10-16)11-17-14-5-3-2-4-13(14)15/h2-5,11H,6-9H2,1H3,(H,17,18). The fourth-order valence-electron chi connectivity index (χ4n) is 2.42. The van der Waals surface area contributed by atoms with Crippen LogP contribution in [-0.4, -0.2) is 48.1 Å². The second-order valence-corrected chi connectivity index (χ2v) is 5.08. The summed E-state index contributed by atoms with van der Waals surface area (Å²) in [5.41, 5.74) is 5.76. The van der Waals surface area contributed by atoms with Crippen LogP contribution in [-0.2, 0) is 0 Å². The third-order valence-electron chi connectivity index (χ3n) is 3.67. The van der Waals surface area contributed by atoms with E-state index >= 15 is 0 Å². The van der Waals surface area contributed by atoms with Crippen molar-refractivity contribution >= 4 is 16.6 Å². The maximum Gasteiger partial charge on any atom is 0.103 e. The van der Waals surface area contributed by atoms with E-state index < -0.39 is 0 Å². The molecular weight excluding hydrogens is 250 g/mol. The van der Waals surface area contributed by atoms with E-state index in [1.54, 1.807) is 6.20 Å². The first-order chi connectivity index (χ1) is 9.78. The molecule has 1 aliphatic rings. The predicted molar refractivity (Wildman–Crippen MR) is 79.2 cm³/mol. The Morgan fingerprint density at radius 2 is 1.95 bits per heavy atom. The highest BCUT2D eigenvalue weighted by Crippen LogP contribution is 2.25. The van der Waals surface area contributed by atoms with Crippen LogP contribution in [0.4, 0.5) is 5.69 Å². The molecule has 2 heterocycles. The van der Waals surface area contributed by atoms with Crippen LogP contribution >= 0.6 is 0 Å². The quantitative estimate of drug-likeness (QED) is 0.897. The molecule has 20 heavy (non-hydrogen) atoms. The third-order valence-corrected chi connectivity index (χ3v) is 3.67. The number of pyridine rings is 1. The first kappa shape index (κ1) is 12.9. The number of benzene rings is 1. The summed E-state index contributed by atoms with van der Waals surface area (Å²) < 4.78 is 0.